The van der Waals surface area contributed by atoms with Crippen molar-refractivity contribution in [1.29, 1.82) is 0 Å². The summed E-state index contributed by atoms with van der Waals surface area (Å²) in [5.74, 6) is -0.132. The molecule has 184 valence electrons. The van der Waals surface area contributed by atoms with Crippen molar-refractivity contribution in [2.75, 3.05) is 58.8 Å². The van der Waals surface area contributed by atoms with Crippen LogP contribution in [0, 0.1) is 0 Å². The van der Waals surface area contributed by atoms with Gasteiger partial charge < -0.3 is 24.7 Å². The number of hydrogen-bond donors (Lipinski definition) is 2. The molecule has 0 atom stereocenters. The minimum Gasteiger partial charge on any atom is -0.496 e. The highest BCUT2D eigenvalue weighted by Gasteiger charge is 2.23. The van der Waals surface area contributed by atoms with E-state index in [-0.39, 0.29) is 11.6 Å². The fourth-order valence-corrected chi connectivity index (χ4v) is 4.32. The molecule has 0 aliphatic carbocycles. The van der Waals surface area contributed by atoms with Crippen LogP contribution >= 0.6 is 0 Å². The summed E-state index contributed by atoms with van der Waals surface area (Å²) in [7, 11) is 2.87. The Morgan fingerprint density at radius 3 is 2.46 bits per heavy atom. The number of hydrogen-bond acceptors (Lipinski definition) is 6. The number of aromatic amines is 1. The summed E-state index contributed by atoms with van der Waals surface area (Å²) in [4.78, 5) is 32.9. The maximum Gasteiger partial charge on any atom is 0.356 e. The van der Waals surface area contributed by atoms with Crippen molar-refractivity contribution >= 4 is 34.5 Å². The number of carbonyl (C=O) groups excluding carboxylic acids is 2. The van der Waals surface area contributed by atoms with E-state index in [4.69, 9.17) is 9.47 Å². The number of nitrogens with one attached hydrogen (secondary N) is 2. The first-order valence-electron chi connectivity index (χ1n) is 11.8. The largest absolute Gasteiger partial charge is 0.496 e. The van der Waals surface area contributed by atoms with Crippen molar-refractivity contribution in [3.05, 3.63) is 65.9 Å². The van der Waals surface area contributed by atoms with Crippen LogP contribution in [-0.4, -0.2) is 80.1 Å². The molecule has 1 amide bonds. The highest BCUT2D eigenvalue weighted by atomic mass is 16.5. The lowest BCUT2D eigenvalue weighted by Crippen LogP contribution is -2.46. The summed E-state index contributed by atoms with van der Waals surface area (Å²) in [6, 6.07) is 15.7. The third kappa shape index (κ3) is 6.09. The maximum atomic E-state index is 12.8. The number of benzene rings is 2. The lowest BCUT2D eigenvalue weighted by molar-refractivity contribution is -0.116. The molecule has 3 aromatic rings. The number of H-pyrrole nitrogens is 1. The number of piperazine rings is 1. The number of carbonyl (C=O) groups is 2. The van der Waals surface area contributed by atoms with Crippen LogP contribution in [0.25, 0.3) is 17.0 Å². The fourth-order valence-electron chi connectivity index (χ4n) is 4.32. The molecule has 1 aliphatic rings. The number of nitrogens with zero attached hydrogens (tertiary/aromatic N) is 2. The first-order chi connectivity index (χ1) is 17.1. The zero-order valence-corrected chi connectivity index (χ0v) is 20.3. The smallest absolute Gasteiger partial charge is 0.356 e. The number of anilines is 1. The summed E-state index contributed by atoms with van der Waals surface area (Å²) in [6.45, 7) is 5.34. The van der Waals surface area contributed by atoms with Gasteiger partial charge in [0.2, 0.25) is 5.91 Å². The number of rotatable bonds is 9. The van der Waals surface area contributed by atoms with Crippen molar-refractivity contribution in [3.63, 3.8) is 0 Å². The number of esters is 1. The molecular formula is C27H32N4O4. The molecule has 1 saturated heterocycles. The molecule has 0 saturated carbocycles. The number of methoxy groups -OCH3 is 2. The third-order valence-electron chi connectivity index (χ3n) is 6.25. The molecule has 0 spiro atoms. The second kappa shape index (κ2) is 11.7. The molecule has 35 heavy (non-hydrogen) atoms. The lowest BCUT2D eigenvalue weighted by Gasteiger charge is -2.34. The Morgan fingerprint density at radius 1 is 1.00 bits per heavy atom. The van der Waals surface area contributed by atoms with Crippen LogP contribution in [0.15, 0.2) is 54.6 Å². The predicted molar refractivity (Wildman–Crippen MR) is 138 cm³/mol. The second-order valence-corrected chi connectivity index (χ2v) is 8.50. The van der Waals surface area contributed by atoms with Crippen LogP contribution in [0.2, 0.25) is 0 Å². The molecule has 0 bridgehead atoms. The minimum atomic E-state index is -0.545. The molecule has 4 rings (SSSR count). The lowest BCUT2D eigenvalue weighted by atomic mass is 10.2. The molecule has 2 N–H and O–H groups in total. The van der Waals surface area contributed by atoms with Crippen molar-refractivity contribution in [2.24, 2.45) is 0 Å². The SMILES string of the molecule is COC(=O)c1[nH]c2cccc(OC)c2c1NC(=O)CCN1CCN(C/C=C/c2ccccc2)CC1. The predicted octanol–water partition coefficient (Wildman–Crippen LogP) is 3.62. The quantitative estimate of drug-likeness (QED) is 0.459. The Kier molecular flexibility index (Phi) is 8.18. The normalized spacial score (nSPS) is 14.9. The standard InChI is InChI=1S/C27H32N4O4/c1-34-22-12-6-11-21-24(22)25(26(28-21)27(33)35-2)29-23(32)13-15-31-18-16-30(17-19-31)14-7-10-20-8-4-3-5-9-20/h3-12,28H,13-19H2,1-2H3,(H,29,32)/b10-7+. The molecular weight excluding hydrogens is 444 g/mol. The van der Waals surface area contributed by atoms with Crippen molar-refractivity contribution in [3.8, 4) is 5.75 Å². The van der Waals surface area contributed by atoms with Crippen LogP contribution in [0.4, 0.5) is 5.69 Å². The van der Waals surface area contributed by atoms with Gasteiger partial charge in [-0.3, -0.25) is 9.69 Å². The van der Waals surface area contributed by atoms with Gasteiger partial charge in [0.25, 0.3) is 0 Å². The minimum absolute atomic E-state index is 0.157. The van der Waals surface area contributed by atoms with E-state index < -0.39 is 5.97 Å². The fraction of sp³-hybridized carbons (Fsp3) is 0.333. The summed E-state index contributed by atoms with van der Waals surface area (Å²) in [5, 5.41) is 3.57. The van der Waals surface area contributed by atoms with E-state index in [9.17, 15) is 9.59 Å². The number of fused-ring (bicyclic) bond motifs is 1. The van der Waals surface area contributed by atoms with Crippen LogP contribution in [0.5, 0.6) is 5.75 Å². The van der Waals surface area contributed by atoms with Crippen LogP contribution in [0.1, 0.15) is 22.5 Å². The Morgan fingerprint density at radius 2 is 1.74 bits per heavy atom. The summed E-state index contributed by atoms with van der Waals surface area (Å²) >= 11 is 0. The van der Waals surface area contributed by atoms with E-state index in [1.807, 2.05) is 30.3 Å². The molecule has 2 aromatic carbocycles. The van der Waals surface area contributed by atoms with E-state index in [1.165, 1.54) is 12.7 Å². The van der Waals surface area contributed by atoms with E-state index >= 15 is 0 Å². The molecule has 1 aliphatic heterocycles. The van der Waals surface area contributed by atoms with Gasteiger partial charge in [-0.2, -0.15) is 0 Å². The van der Waals surface area contributed by atoms with E-state index in [1.54, 1.807) is 13.2 Å². The van der Waals surface area contributed by atoms with E-state index in [2.05, 4.69) is 44.4 Å². The first kappa shape index (κ1) is 24.5. The highest BCUT2D eigenvalue weighted by Crippen LogP contribution is 2.35. The summed E-state index contributed by atoms with van der Waals surface area (Å²) in [5.41, 5.74) is 2.50. The molecule has 1 fully saturated rings. The van der Waals surface area contributed by atoms with Crippen LogP contribution < -0.4 is 10.1 Å². The van der Waals surface area contributed by atoms with Gasteiger partial charge in [-0.05, 0) is 17.7 Å². The van der Waals surface area contributed by atoms with Gasteiger partial charge in [0.1, 0.15) is 11.4 Å². The third-order valence-corrected chi connectivity index (χ3v) is 6.25. The monoisotopic (exact) mass is 476 g/mol. The van der Waals surface area contributed by atoms with Crippen LogP contribution in [-0.2, 0) is 9.53 Å². The van der Waals surface area contributed by atoms with E-state index in [0.717, 1.165) is 32.7 Å². The first-order valence-corrected chi connectivity index (χ1v) is 11.8. The van der Waals surface area contributed by atoms with Gasteiger partial charge in [0.15, 0.2) is 0 Å². The Balaban J connectivity index is 1.30. The van der Waals surface area contributed by atoms with Gasteiger partial charge in [-0.25, -0.2) is 4.79 Å². The van der Waals surface area contributed by atoms with Crippen LogP contribution in [0.3, 0.4) is 0 Å². The zero-order valence-electron chi connectivity index (χ0n) is 20.3. The van der Waals surface area contributed by atoms with Gasteiger partial charge in [-0.1, -0.05) is 48.6 Å². The molecule has 8 nitrogen and oxygen atoms in total. The van der Waals surface area contributed by atoms with Crippen molar-refractivity contribution < 1.29 is 19.1 Å². The Labute approximate surface area is 205 Å². The molecule has 0 radical (unpaired) electrons. The topological polar surface area (TPSA) is 86.9 Å². The molecule has 8 heteroatoms. The van der Waals surface area contributed by atoms with Crippen molar-refractivity contribution in [2.45, 2.75) is 6.42 Å². The zero-order chi connectivity index (χ0) is 24.6. The Hall–Kier alpha value is -3.62. The maximum absolute atomic E-state index is 12.8. The van der Waals surface area contributed by atoms with Gasteiger partial charge >= 0.3 is 5.97 Å². The average Bonchev–Trinajstić information content (AvgIpc) is 3.26. The second-order valence-electron chi connectivity index (χ2n) is 8.50. The molecule has 0 unspecified atom stereocenters. The molecule has 2 heterocycles. The number of aromatic nitrogens is 1. The number of ether oxygens (including phenoxy) is 2. The molecule has 1 aromatic heterocycles. The van der Waals surface area contributed by atoms with Crippen molar-refractivity contribution in [1.82, 2.24) is 14.8 Å². The van der Waals surface area contributed by atoms with Gasteiger partial charge in [-0.15, -0.1) is 0 Å². The average molecular weight is 477 g/mol. The van der Waals surface area contributed by atoms with Gasteiger partial charge in [0, 0.05) is 45.7 Å². The summed E-state index contributed by atoms with van der Waals surface area (Å²) in [6.07, 6.45) is 4.68. The highest BCUT2D eigenvalue weighted by molar-refractivity contribution is 6.12. The number of amides is 1. The van der Waals surface area contributed by atoms with E-state index in [0.29, 0.717) is 35.3 Å². The Bertz CT molecular complexity index is 1180. The van der Waals surface area contributed by atoms with Gasteiger partial charge in [0.05, 0.1) is 30.8 Å². The summed E-state index contributed by atoms with van der Waals surface area (Å²) < 4.78 is 10.4.